The van der Waals surface area contributed by atoms with E-state index < -0.39 is 16.0 Å². The maximum Gasteiger partial charge on any atom is 0.328 e. The largest absolute Gasteiger partial charge is 0.493 e. The van der Waals surface area contributed by atoms with E-state index in [4.69, 9.17) is 14.6 Å². The number of ether oxygens (including phenoxy) is 2. The van der Waals surface area contributed by atoms with Crippen LogP contribution in [0.4, 0.5) is 5.69 Å². The summed E-state index contributed by atoms with van der Waals surface area (Å²) in [5.41, 5.74) is 1.65. The Bertz CT molecular complexity index is 1000. The molecule has 27 heavy (non-hydrogen) atoms. The number of benzene rings is 2. The van der Waals surface area contributed by atoms with Crippen molar-refractivity contribution in [2.75, 3.05) is 18.9 Å². The van der Waals surface area contributed by atoms with Crippen LogP contribution in [0.1, 0.15) is 11.1 Å². The lowest BCUT2D eigenvalue weighted by Crippen LogP contribution is -2.15. The highest BCUT2D eigenvalue weighted by Gasteiger charge is 2.24. The normalized spacial score (nSPS) is 11.4. The number of sulfonamides is 1. The molecular formula is C18H18BrNO6S. The Morgan fingerprint density at radius 3 is 2.44 bits per heavy atom. The first-order valence-electron chi connectivity index (χ1n) is 7.64. The minimum atomic E-state index is -4.05. The number of hydrogen-bond donors (Lipinski definition) is 2. The van der Waals surface area contributed by atoms with Crippen molar-refractivity contribution in [3.63, 3.8) is 0 Å². The molecule has 2 N–H and O–H groups in total. The van der Waals surface area contributed by atoms with Crippen molar-refractivity contribution in [3.8, 4) is 11.5 Å². The standard InChI is InChI=1S/C18H18BrNO6S/c1-11-4-6-14(13(19)8-11)20-27(23,24)16-10-12(5-7-17(21)22)9-15(25-2)18(16)26-3/h4-10,20H,1-3H3,(H,21,22)/b7-5+. The zero-order chi connectivity index (χ0) is 20.2. The second-order valence-corrected chi connectivity index (χ2v) is 8.02. The number of carboxylic acid groups (broad SMARTS) is 1. The lowest BCUT2D eigenvalue weighted by Gasteiger charge is -2.16. The van der Waals surface area contributed by atoms with Crippen LogP contribution < -0.4 is 14.2 Å². The van der Waals surface area contributed by atoms with Crippen LogP contribution in [0.15, 0.2) is 45.8 Å². The second-order valence-electron chi connectivity index (χ2n) is 5.51. The molecule has 0 heterocycles. The highest BCUT2D eigenvalue weighted by Crippen LogP contribution is 2.37. The first-order chi connectivity index (χ1) is 12.7. The summed E-state index contributed by atoms with van der Waals surface area (Å²) >= 11 is 3.33. The van der Waals surface area contributed by atoms with E-state index in [-0.39, 0.29) is 16.4 Å². The van der Waals surface area contributed by atoms with E-state index in [0.29, 0.717) is 15.7 Å². The van der Waals surface area contributed by atoms with Crippen molar-refractivity contribution < 1.29 is 27.8 Å². The van der Waals surface area contributed by atoms with Crippen LogP contribution >= 0.6 is 15.9 Å². The van der Waals surface area contributed by atoms with Gasteiger partial charge in [0.25, 0.3) is 10.0 Å². The van der Waals surface area contributed by atoms with Gasteiger partial charge in [0.1, 0.15) is 4.90 Å². The molecule has 0 atom stereocenters. The van der Waals surface area contributed by atoms with E-state index in [1.165, 1.54) is 32.4 Å². The number of anilines is 1. The molecule has 7 nitrogen and oxygen atoms in total. The van der Waals surface area contributed by atoms with Crippen molar-refractivity contribution >= 4 is 43.7 Å². The van der Waals surface area contributed by atoms with Crippen LogP contribution in [0.2, 0.25) is 0 Å². The Kier molecular flexibility index (Phi) is 6.50. The highest BCUT2D eigenvalue weighted by molar-refractivity contribution is 9.10. The third kappa shape index (κ3) is 5.01. The summed E-state index contributed by atoms with van der Waals surface area (Å²) in [5.74, 6) is -0.981. The molecule has 0 aliphatic heterocycles. The fraction of sp³-hybridized carbons (Fsp3) is 0.167. The zero-order valence-electron chi connectivity index (χ0n) is 14.8. The lowest BCUT2D eigenvalue weighted by atomic mass is 10.2. The summed E-state index contributed by atoms with van der Waals surface area (Å²) in [7, 11) is -1.36. The average molecular weight is 456 g/mol. The summed E-state index contributed by atoms with van der Waals surface area (Å²) in [6, 6.07) is 7.98. The van der Waals surface area contributed by atoms with E-state index in [9.17, 15) is 13.2 Å². The molecule has 0 aliphatic carbocycles. The van der Waals surface area contributed by atoms with Gasteiger partial charge in [-0.25, -0.2) is 13.2 Å². The monoisotopic (exact) mass is 455 g/mol. The zero-order valence-corrected chi connectivity index (χ0v) is 17.2. The van der Waals surface area contributed by atoms with Gasteiger partial charge < -0.3 is 14.6 Å². The van der Waals surface area contributed by atoms with Crippen molar-refractivity contribution in [3.05, 3.63) is 52.0 Å². The Balaban J connectivity index is 2.59. The van der Waals surface area contributed by atoms with Gasteiger partial charge >= 0.3 is 5.97 Å². The number of nitrogens with one attached hydrogen (secondary N) is 1. The van der Waals surface area contributed by atoms with Crippen molar-refractivity contribution in [1.82, 2.24) is 0 Å². The molecule has 9 heteroatoms. The van der Waals surface area contributed by atoms with Gasteiger partial charge in [-0.15, -0.1) is 0 Å². The van der Waals surface area contributed by atoms with Crippen molar-refractivity contribution in [2.45, 2.75) is 11.8 Å². The number of halogens is 1. The number of rotatable bonds is 7. The molecule has 2 aromatic rings. The first-order valence-corrected chi connectivity index (χ1v) is 9.91. The van der Waals surface area contributed by atoms with Crippen molar-refractivity contribution in [1.29, 1.82) is 0 Å². The van der Waals surface area contributed by atoms with Gasteiger partial charge in [-0.1, -0.05) is 6.07 Å². The average Bonchev–Trinajstić information content (AvgIpc) is 2.61. The van der Waals surface area contributed by atoms with Crippen LogP contribution in [-0.4, -0.2) is 33.7 Å². The lowest BCUT2D eigenvalue weighted by molar-refractivity contribution is -0.131. The molecule has 0 aromatic heterocycles. The van der Waals surface area contributed by atoms with Crippen LogP contribution in [-0.2, 0) is 14.8 Å². The molecule has 0 saturated heterocycles. The van der Waals surface area contributed by atoms with Gasteiger partial charge in [0.15, 0.2) is 11.5 Å². The molecule has 0 radical (unpaired) electrons. The summed E-state index contributed by atoms with van der Waals surface area (Å²) in [5, 5.41) is 8.80. The third-order valence-corrected chi connectivity index (χ3v) is 5.57. The van der Waals surface area contributed by atoms with Gasteiger partial charge in [-0.2, -0.15) is 0 Å². The van der Waals surface area contributed by atoms with Crippen molar-refractivity contribution in [2.24, 2.45) is 0 Å². The third-order valence-electron chi connectivity index (χ3n) is 3.54. The fourth-order valence-electron chi connectivity index (χ4n) is 2.32. The number of hydrogen-bond acceptors (Lipinski definition) is 5. The van der Waals surface area contributed by atoms with Crippen LogP contribution in [0.25, 0.3) is 6.08 Å². The van der Waals surface area contributed by atoms with Gasteiger partial charge in [-0.3, -0.25) is 4.72 Å². The molecule has 0 bridgehead atoms. The van der Waals surface area contributed by atoms with Crippen LogP contribution in [0.3, 0.4) is 0 Å². The van der Waals surface area contributed by atoms with E-state index >= 15 is 0 Å². The van der Waals surface area contributed by atoms with Gasteiger partial charge in [-0.05, 0) is 64.3 Å². The summed E-state index contributed by atoms with van der Waals surface area (Å²) < 4.78 is 39.4. The van der Waals surface area contributed by atoms with Gasteiger partial charge in [0.05, 0.1) is 19.9 Å². The van der Waals surface area contributed by atoms with Crippen LogP contribution in [0, 0.1) is 6.92 Å². The van der Waals surface area contributed by atoms with E-state index in [1.54, 1.807) is 18.2 Å². The minimum absolute atomic E-state index is 0.0145. The summed E-state index contributed by atoms with van der Waals surface area (Å²) in [4.78, 5) is 10.6. The predicted molar refractivity (Wildman–Crippen MR) is 106 cm³/mol. The van der Waals surface area contributed by atoms with Gasteiger partial charge in [0.2, 0.25) is 0 Å². The number of aryl methyl sites for hydroxylation is 1. The second kappa shape index (κ2) is 8.45. The van der Waals surface area contributed by atoms with E-state index in [0.717, 1.165) is 11.6 Å². The molecule has 0 amide bonds. The first kappa shape index (κ1) is 20.8. The molecule has 2 rings (SSSR count). The quantitative estimate of drug-likeness (QED) is 0.617. The van der Waals surface area contributed by atoms with E-state index in [2.05, 4.69) is 20.7 Å². The Labute approximate surface area is 165 Å². The molecule has 0 spiro atoms. The molecule has 0 aliphatic rings. The molecule has 0 saturated carbocycles. The smallest absolute Gasteiger partial charge is 0.328 e. The Hall–Kier alpha value is -2.52. The highest BCUT2D eigenvalue weighted by atomic mass is 79.9. The minimum Gasteiger partial charge on any atom is -0.493 e. The SMILES string of the molecule is COc1cc(/C=C/C(=O)O)cc(S(=O)(=O)Nc2ccc(C)cc2Br)c1OC. The fourth-order valence-corrected chi connectivity index (χ4v) is 4.34. The maximum absolute atomic E-state index is 13.0. The number of carbonyl (C=O) groups is 1. The number of methoxy groups -OCH3 is 2. The molecule has 2 aromatic carbocycles. The summed E-state index contributed by atoms with van der Waals surface area (Å²) in [6.07, 6.45) is 2.17. The summed E-state index contributed by atoms with van der Waals surface area (Å²) in [6.45, 7) is 1.88. The van der Waals surface area contributed by atoms with E-state index in [1.807, 2.05) is 6.92 Å². The maximum atomic E-state index is 13.0. The molecule has 0 unspecified atom stereocenters. The molecule has 0 fully saturated rings. The number of aliphatic carboxylic acids is 1. The Morgan fingerprint density at radius 1 is 1.19 bits per heavy atom. The number of carboxylic acids is 1. The van der Waals surface area contributed by atoms with Crippen LogP contribution in [0.5, 0.6) is 11.5 Å². The topological polar surface area (TPSA) is 102 Å². The Morgan fingerprint density at radius 2 is 1.89 bits per heavy atom. The molecule has 144 valence electrons. The van der Waals surface area contributed by atoms with Gasteiger partial charge in [0, 0.05) is 10.5 Å². The molecular weight excluding hydrogens is 438 g/mol. The predicted octanol–water partition coefficient (Wildman–Crippen LogP) is 3.67.